The molecule has 1 aliphatic carbocycles. The van der Waals surface area contributed by atoms with E-state index in [0.29, 0.717) is 50.1 Å². The third-order valence-corrected chi connectivity index (χ3v) is 8.07. The van der Waals surface area contributed by atoms with Gasteiger partial charge in [0.05, 0.1) is 19.5 Å². The predicted molar refractivity (Wildman–Crippen MR) is 143 cm³/mol. The number of nitrogen functional groups attached to an aromatic ring is 1. The summed E-state index contributed by atoms with van der Waals surface area (Å²) < 4.78 is 18.0. The number of carbonyl (C=O) groups excluding carboxylic acids is 2. The molecular formula is C27H35N7O7. The Morgan fingerprint density at radius 1 is 1.12 bits per heavy atom. The number of imidazole rings is 1. The summed E-state index contributed by atoms with van der Waals surface area (Å²) in [5.41, 5.74) is 6.70. The lowest BCUT2D eigenvalue weighted by Crippen LogP contribution is -2.43. The van der Waals surface area contributed by atoms with Gasteiger partial charge in [-0.15, -0.1) is 0 Å². The van der Waals surface area contributed by atoms with Crippen molar-refractivity contribution in [3.8, 4) is 11.8 Å². The molecule has 0 spiro atoms. The second-order valence-electron chi connectivity index (χ2n) is 11.2. The number of rotatable bonds is 6. The van der Waals surface area contributed by atoms with Crippen LogP contribution in [0.15, 0.2) is 6.33 Å². The molecule has 2 aromatic rings. The van der Waals surface area contributed by atoms with Crippen LogP contribution in [0.4, 0.5) is 10.6 Å². The van der Waals surface area contributed by atoms with E-state index in [4.69, 9.17) is 19.9 Å². The van der Waals surface area contributed by atoms with Gasteiger partial charge in [0.1, 0.15) is 17.7 Å². The molecule has 6 rings (SSSR count). The Morgan fingerprint density at radius 3 is 2.66 bits per heavy atom. The third kappa shape index (κ3) is 6.08. The van der Waals surface area contributed by atoms with Crippen molar-refractivity contribution < 1.29 is 34.0 Å². The summed E-state index contributed by atoms with van der Waals surface area (Å²) in [5, 5.41) is 23.9. The van der Waals surface area contributed by atoms with Crippen LogP contribution >= 0.6 is 0 Å². The fraction of sp³-hybridized carbons (Fsp3) is 0.667. The monoisotopic (exact) mass is 569 g/mol. The van der Waals surface area contributed by atoms with E-state index in [1.165, 1.54) is 10.9 Å². The van der Waals surface area contributed by atoms with Gasteiger partial charge in [0.15, 0.2) is 23.8 Å². The summed E-state index contributed by atoms with van der Waals surface area (Å²) in [6.45, 7) is 3.02. The number of aromatic nitrogens is 4. The molecule has 0 aromatic carbocycles. The van der Waals surface area contributed by atoms with Crippen LogP contribution in [0.1, 0.15) is 50.6 Å². The molecule has 5 atom stereocenters. The zero-order valence-corrected chi connectivity index (χ0v) is 22.6. The number of fused-ring (bicyclic) bond motifs is 1. The van der Waals surface area contributed by atoms with E-state index in [0.717, 1.165) is 38.7 Å². The molecule has 0 bridgehead atoms. The Morgan fingerprint density at radius 2 is 1.93 bits per heavy atom. The van der Waals surface area contributed by atoms with E-state index < -0.39 is 30.4 Å². The maximum Gasteiger partial charge on any atom is 0.409 e. The van der Waals surface area contributed by atoms with Crippen LogP contribution in [0.3, 0.4) is 0 Å². The third-order valence-electron chi connectivity index (χ3n) is 8.07. The molecule has 2 aromatic heterocycles. The topological polar surface area (TPSA) is 187 Å². The van der Waals surface area contributed by atoms with Crippen LogP contribution in [0.2, 0.25) is 0 Å². The normalized spacial score (nSPS) is 28.4. The maximum absolute atomic E-state index is 12.5. The lowest BCUT2D eigenvalue weighted by atomic mass is 9.94. The molecule has 1 saturated carbocycles. The molecule has 41 heavy (non-hydrogen) atoms. The molecule has 14 heteroatoms. The highest BCUT2D eigenvalue weighted by atomic mass is 16.6. The quantitative estimate of drug-likeness (QED) is 0.341. The number of aliphatic hydroxyl groups excluding tert-OH is 2. The number of nitrogens with one attached hydrogen (secondary N) is 1. The lowest BCUT2D eigenvalue weighted by molar-refractivity contribution is -0.137. The van der Waals surface area contributed by atoms with Gasteiger partial charge in [0, 0.05) is 38.1 Å². The second kappa shape index (κ2) is 11.8. The standard InChI is InChI=1S/C27H35N7O7/c28-23-19-24(34(14-29-19)26-21(36)20(35)22(41-26)25(37)30-17-4-5-17)32-18(31-23)3-1-2-15-6-9-33(10-7-15)27(38)40-13-16-8-11-39-12-16/h14-17,20-22,26,35-36H,2,4-13H2,(H,30,37)(H2,28,31,32)/t16?,20?,21-,22-,26+/m0/s1. The van der Waals surface area contributed by atoms with Gasteiger partial charge in [0.25, 0.3) is 5.91 Å². The number of anilines is 1. The first-order valence-electron chi connectivity index (χ1n) is 14.2. The van der Waals surface area contributed by atoms with Crippen LogP contribution in [0.25, 0.3) is 11.2 Å². The van der Waals surface area contributed by atoms with Gasteiger partial charge in [-0.25, -0.2) is 19.7 Å². The van der Waals surface area contributed by atoms with Crippen LogP contribution in [0.5, 0.6) is 0 Å². The number of amides is 2. The van der Waals surface area contributed by atoms with Crippen molar-refractivity contribution in [3.63, 3.8) is 0 Å². The molecule has 5 heterocycles. The molecule has 3 saturated heterocycles. The van der Waals surface area contributed by atoms with Crippen molar-refractivity contribution in [2.75, 3.05) is 38.6 Å². The molecule has 5 N–H and O–H groups in total. The molecule has 4 aliphatic rings. The second-order valence-corrected chi connectivity index (χ2v) is 11.2. The number of carbonyl (C=O) groups is 2. The van der Waals surface area contributed by atoms with E-state index in [-0.39, 0.29) is 29.4 Å². The average molecular weight is 570 g/mol. The van der Waals surface area contributed by atoms with Gasteiger partial charge in [-0.3, -0.25) is 9.36 Å². The minimum Gasteiger partial charge on any atom is -0.449 e. The molecular weight excluding hydrogens is 534 g/mol. The van der Waals surface area contributed by atoms with Gasteiger partial charge >= 0.3 is 6.09 Å². The van der Waals surface area contributed by atoms with Gasteiger partial charge in [-0.2, -0.15) is 0 Å². The first kappa shape index (κ1) is 27.6. The Hall–Kier alpha value is -3.51. The number of likely N-dealkylation sites (tertiary alicyclic amines) is 1. The zero-order chi connectivity index (χ0) is 28.5. The fourth-order valence-corrected chi connectivity index (χ4v) is 5.39. The van der Waals surface area contributed by atoms with Crippen LogP contribution in [0, 0.1) is 23.7 Å². The predicted octanol–water partition coefficient (Wildman–Crippen LogP) is -0.0670. The SMILES string of the molecule is Nc1nc(C#CCC2CCN(C(=O)OCC3CCOC3)CC2)nc2c1ncn2[C@@H]1O[C@H](C(=O)NC2CC2)C(O)[C@@H]1O. The van der Waals surface area contributed by atoms with Gasteiger partial charge in [-0.1, -0.05) is 5.92 Å². The highest BCUT2D eigenvalue weighted by Crippen LogP contribution is 2.33. The molecule has 0 radical (unpaired) electrons. The first-order valence-corrected chi connectivity index (χ1v) is 14.2. The minimum absolute atomic E-state index is 0.0866. The van der Waals surface area contributed by atoms with E-state index in [2.05, 4.69) is 32.1 Å². The summed E-state index contributed by atoms with van der Waals surface area (Å²) in [6.07, 6.45) is 0.954. The summed E-state index contributed by atoms with van der Waals surface area (Å²) in [4.78, 5) is 39.6. The number of ether oxygens (including phenoxy) is 3. The molecule has 4 fully saturated rings. The van der Waals surface area contributed by atoms with Crippen molar-refractivity contribution in [3.05, 3.63) is 12.2 Å². The molecule has 14 nitrogen and oxygen atoms in total. The Bertz CT molecular complexity index is 1340. The largest absolute Gasteiger partial charge is 0.449 e. The van der Waals surface area contributed by atoms with Crippen molar-refractivity contribution in [2.24, 2.45) is 11.8 Å². The van der Waals surface area contributed by atoms with Gasteiger partial charge in [-0.05, 0) is 43.9 Å². The van der Waals surface area contributed by atoms with Gasteiger partial charge < -0.3 is 40.4 Å². The number of hydrogen-bond acceptors (Lipinski definition) is 11. The molecule has 220 valence electrons. The summed E-state index contributed by atoms with van der Waals surface area (Å²) in [5.74, 6) is 6.55. The van der Waals surface area contributed by atoms with Crippen LogP contribution in [-0.2, 0) is 19.0 Å². The summed E-state index contributed by atoms with van der Waals surface area (Å²) >= 11 is 0. The number of nitrogens with two attached hydrogens (primary N) is 1. The highest BCUT2D eigenvalue weighted by Gasteiger charge is 2.48. The minimum atomic E-state index is -1.41. The Labute approximate surface area is 236 Å². The van der Waals surface area contributed by atoms with E-state index in [1.54, 1.807) is 4.90 Å². The maximum atomic E-state index is 12.5. The van der Waals surface area contributed by atoms with E-state index in [9.17, 15) is 19.8 Å². The van der Waals surface area contributed by atoms with Crippen LogP contribution in [-0.4, -0.2) is 104 Å². The molecule has 2 unspecified atom stereocenters. The highest BCUT2D eigenvalue weighted by molar-refractivity contribution is 5.83. The summed E-state index contributed by atoms with van der Waals surface area (Å²) in [6, 6.07) is 0.0866. The van der Waals surface area contributed by atoms with E-state index >= 15 is 0 Å². The van der Waals surface area contributed by atoms with E-state index in [1.807, 2.05) is 0 Å². The van der Waals surface area contributed by atoms with Crippen molar-refractivity contribution in [1.29, 1.82) is 0 Å². The molecule has 3 aliphatic heterocycles. The molecule has 2 amide bonds. The Kier molecular flexibility index (Phi) is 7.94. The van der Waals surface area contributed by atoms with Gasteiger partial charge in [0.2, 0.25) is 5.82 Å². The van der Waals surface area contributed by atoms with Crippen molar-refractivity contribution >= 4 is 29.0 Å². The first-order chi connectivity index (χ1) is 19.9. The fourth-order valence-electron chi connectivity index (χ4n) is 5.39. The number of piperidine rings is 1. The summed E-state index contributed by atoms with van der Waals surface area (Å²) in [7, 11) is 0. The number of aliphatic hydroxyl groups is 2. The zero-order valence-electron chi connectivity index (χ0n) is 22.6. The smallest absolute Gasteiger partial charge is 0.409 e. The number of nitrogens with zero attached hydrogens (tertiary/aromatic N) is 5. The van der Waals surface area contributed by atoms with Crippen molar-refractivity contribution in [1.82, 2.24) is 29.7 Å². The lowest BCUT2D eigenvalue weighted by Gasteiger charge is -2.30. The van der Waals surface area contributed by atoms with Crippen molar-refractivity contribution in [2.45, 2.75) is 69.1 Å². The average Bonchev–Trinajstić information content (AvgIpc) is 3.32. The Balaban J connectivity index is 1.06. The van der Waals surface area contributed by atoms with Crippen LogP contribution < -0.4 is 11.1 Å². The number of hydrogen-bond donors (Lipinski definition) is 4.